The van der Waals surface area contributed by atoms with Crippen LogP contribution in [-0.2, 0) is 30.8 Å². The van der Waals surface area contributed by atoms with Crippen LogP contribution in [0.5, 0.6) is 0 Å². The Balaban J connectivity index is 0.00000210. The number of benzene rings is 2. The summed E-state index contributed by atoms with van der Waals surface area (Å²) >= 11 is 0. The zero-order valence-electron chi connectivity index (χ0n) is 22.6. The second-order valence-electron chi connectivity index (χ2n) is 8.91. The Bertz CT molecular complexity index is 1080. The zero-order valence-corrected chi connectivity index (χ0v) is 22.6. The van der Waals surface area contributed by atoms with E-state index in [1.165, 1.54) is 34.7 Å². The minimum atomic E-state index is -0.123. The van der Waals surface area contributed by atoms with Gasteiger partial charge in [0.15, 0.2) is 0 Å². The molecule has 2 N–H and O–H groups in total. The average Bonchev–Trinajstić information content (AvgIpc) is 2.83. The predicted molar refractivity (Wildman–Crippen MR) is 148 cm³/mol. The van der Waals surface area contributed by atoms with Gasteiger partial charge in [-0.1, -0.05) is 62.9 Å². The number of allylic oxidation sites excluding steroid dienone is 2. The molecule has 0 bridgehead atoms. The summed E-state index contributed by atoms with van der Waals surface area (Å²) in [6.07, 6.45) is 1.13. The first-order valence-electron chi connectivity index (χ1n) is 12.5. The molecule has 2 aromatic carbocycles. The van der Waals surface area contributed by atoms with Gasteiger partial charge in [-0.3, -0.25) is 9.69 Å². The van der Waals surface area contributed by atoms with Crippen LogP contribution in [0.25, 0.3) is 0 Å². The summed E-state index contributed by atoms with van der Waals surface area (Å²) in [5.74, 6) is 0.456. The molecular weight excluding hydrogens is 432 g/mol. The van der Waals surface area contributed by atoms with Gasteiger partial charge in [-0.05, 0) is 67.5 Å². The molecule has 1 aliphatic rings. The quantitative estimate of drug-likeness (QED) is 0.293. The highest BCUT2D eigenvalue weighted by molar-refractivity contribution is 5.96. The Morgan fingerprint density at radius 2 is 1.69 bits per heavy atom. The topological polar surface area (TPSA) is 56.7 Å². The van der Waals surface area contributed by atoms with E-state index in [0.29, 0.717) is 12.4 Å². The van der Waals surface area contributed by atoms with E-state index in [0.717, 1.165) is 43.0 Å². The second kappa shape index (κ2) is 13.6. The van der Waals surface area contributed by atoms with E-state index in [2.05, 4.69) is 76.5 Å². The number of rotatable bonds is 7. The Hall–Kier alpha value is -3.18. The summed E-state index contributed by atoms with van der Waals surface area (Å²) in [6, 6.07) is 15.5. The minimum absolute atomic E-state index is 0.123. The third-order valence-electron chi connectivity index (χ3n) is 6.20. The van der Waals surface area contributed by atoms with Gasteiger partial charge < -0.3 is 10.6 Å². The van der Waals surface area contributed by atoms with Gasteiger partial charge in [0.1, 0.15) is 5.84 Å². The fourth-order valence-electron chi connectivity index (χ4n) is 4.19. The van der Waals surface area contributed by atoms with Crippen LogP contribution < -0.4 is 10.6 Å². The molecule has 0 fully saturated rings. The molecule has 1 amide bonds. The molecule has 0 saturated heterocycles. The summed E-state index contributed by atoms with van der Waals surface area (Å²) in [5, 5.41) is 6.08. The van der Waals surface area contributed by atoms with E-state index in [9.17, 15) is 4.79 Å². The largest absolute Gasteiger partial charge is 0.381 e. The SMILES string of the molecule is C=C(NCc1ccc(CN2CCc3c(C)cccc3C2)cc1)/C(C)=C(\C)N=C(C)NC(C)=O.CC. The lowest BCUT2D eigenvalue weighted by Crippen LogP contribution is -2.30. The summed E-state index contributed by atoms with van der Waals surface area (Å²) in [4.78, 5) is 18.1. The molecule has 188 valence electrons. The van der Waals surface area contributed by atoms with E-state index in [4.69, 9.17) is 0 Å². The van der Waals surface area contributed by atoms with Gasteiger partial charge in [0.2, 0.25) is 5.91 Å². The van der Waals surface area contributed by atoms with Gasteiger partial charge in [0.05, 0.1) is 0 Å². The van der Waals surface area contributed by atoms with Crippen LogP contribution in [0.15, 0.2) is 71.0 Å². The number of nitrogens with one attached hydrogen (secondary N) is 2. The number of nitrogens with zero attached hydrogens (tertiary/aromatic N) is 2. The van der Waals surface area contributed by atoms with Gasteiger partial charge in [-0.25, -0.2) is 4.99 Å². The van der Waals surface area contributed by atoms with Crippen LogP contribution in [0.4, 0.5) is 0 Å². The summed E-state index contributed by atoms with van der Waals surface area (Å²) in [7, 11) is 0. The number of aryl methyl sites for hydroxylation is 1. The summed E-state index contributed by atoms with van der Waals surface area (Å²) in [6.45, 7) is 21.3. The fraction of sp³-hybridized carbons (Fsp3) is 0.400. The minimum Gasteiger partial charge on any atom is -0.381 e. The molecule has 2 aromatic rings. The van der Waals surface area contributed by atoms with Crippen LogP contribution >= 0.6 is 0 Å². The monoisotopic (exact) mass is 474 g/mol. The van der Waals surface area contributed by atoms with Gasteiger partial charge in [0.25, 0.3) is 0 Å². The molecule has 1 aliphatic heterocycles. The van der Waals surface area contributed by atoms with E-state index >= 15 is 0 Å². The Labute approximate surface area is 212 Å². The number of fused-ring (bicyclic) bond motifs is 1. The fourth-order valence-corrected chi connectivity index (χ4v) is 4.19. The maximum absolute atomic E-state index is 11.2. The van der Waals surface area contributed by atoms with Crippen LogP contribution in [-0.4, -0.2) is 23.2 Å². The van der Waals surface area contributed by atoms with E-state index < -0.39 is 0 Å². The maximum Gasteiger partial charge on any atom is 0.222 e. The standard InChI is InChI=1S/C28H36N4O.C2H6/c1-19-8-7-9-27-18-32(15-14-28(19)27)17-26-12-10-25(11-13-26)16-29-21(3)20(2)22(4)30-23(5)31-24(6)33;1-2/h7-13,29H,3,14-18H2,1-2,4-6H3,(H,30,31,33);1-2H3/b22-20+;. The van der Waals surface area contributed by atoms with Crippen LogP contribution in [0.1, 0.15) is 69.4 Å². The molecule has 0 saturated carbocycles. The molecule has 0 aromatic heterocycles. The average molecular weight is 475 g/mol. The highest BCUT2D eigenvalue weighted by Gasteiger charge is 2.17. The maximum atomic E-state index is 11.2. The highest BCUT2D eigenvalue weighted by atomic mass is 16.1. The van der Waals surface area contributed by atoms with E-state index in [-0.39, 0.29) is 5.91 Å². The molecule has 35 heavy (non-hydrogen) atoms. The zero-order chi connectivity index (χ0) is 26.0. The van der Waals surface area contributed by atoms with Crippen molar-refractivity contribution in [3.05, 3.63) is 93.8 Å². The summed E-state index contributed by atoms with van der Waals surface area (Å²) in [5.41, 5.74) is 9.59. The Morgan fingerprint density at radius 3 is 2.34 bits per heavy atom. The van der Waals surface area contributed by atoms with Crippen molar-refractivity contribution >= 4 is 11.7 Å². The van der Waals surface area contributed by atoms with Gasteiger partial charge in [0, 0.05) is 44.5 Å². The number of carbonyl (C=O) groups excluding carboxylic acids is 1. The highest BCUT2D eigenvalue weighted by Crippen LogP contribution is 2.23. The Morgan fingerprint density at radius 1 is 1.03 bits per heavy atom. The molecule has 5 nitrogen and oxygen atoms in total. The van der Waals surface area contributed by atoms with E-state index in [1.54, 1.807) is 6.92 Å². The van der Waals surface area contributed by atoms with Crippen LogP contribution in [0, 0.1) is 6.92 Å². The van der Waals surface area contributed by atoms with Crippen molar-refractivity contribution in [2.24, 2.45) is 4.99 Å². The van der Waals surface area contributed by atoms with Crippen molar-refractivity contribution in [3.63, 3.8) is 0 Å². The number of aliphatic imine (C=N–C) groups is 1. The predicted octanol–water partition coefficient (Wildman–Crippen LogP) is 6.03. The van der Waals surface area contributed by atoms with Gasteiger partial charge in [-0.15, -0.1) is 0 Å². The number of carbonyl (C=O) groups is 1. The molecule has 0 atom stereocenters. The molecule has 0 unspecified atom stereocenters. The van der Waals surface area contributed by atoms with Crippen molar-refractivity contribution in [3.8, 4) is 0 Å². The molecule has 1 heterocycles. The van der Waals surface area contributed by atoms with Crippen LogP contribution in [0.2, 0.25) is 0 Å². The van der Waals surface area contributed by atoms with Crippen molar-refractivity contribution in [1.29, 1.82) is 0 Å². The van der Waals surface area contributed by atoms with Crippen molar-refractivity contribution in [2.75, 3.05) is 6.54 Å². The molecular formula is C30H42N4O. The molecule has 0 aliphatic carbocycles. The first-order valence-corrected chi connectivity index (χ1v) is 12.5. The molecule has 5 heteroatoms. The normalized spacial score (nSPS) is 14.2. The van der Waals surface area contributed by atoms with Crippen molar-refractivity contribution < 1.29 is 4.79 Å². The van der Waals surface area contributed by atoms with Gasteiger partial charge in [-0.2, -0.15) is 0 Å². The number of amides is 1. The first-order chi connectivity index (χ1) is 16.7. The van der Waals surface area contributed by atoms with Crippen LogP contribution in [0.3, 0.4) is 0 Å². The lowest BCUT2D eigenvalue weighted by atomic mass is 9.95. The molecule has 0 radical (unpaired) electrons. The number of hydrogen-bond donors (Lipinski definition) is 2. The van der Waals surface area contributed by atoms with Gasteiger partial charge >= 0.3 is 0 Å². The van der Waals surface area contributed by atoms with E-state index in [1.807, 2.05) is 27.7 Å². The number of amidine groups is 1. The first kappa shape index (κ1) is 28.1. The lowest BCUT2D eigenvalue weighted by molar-refractivity contribution is -0.117. The third kappa shape index (κ3) is 8.52. The second-order valence-corrected chi connectivity index (χ2v) is 8.91. The molecule has 3 rings (SSSR count). The van der Waals surface area contributed by atoms with Crippen molar-refractivity contribution in [2.45, 2.75) is 74.5 Å². The van der Waals surface area contributed by atoms with Crippen molar-refractivity contribution in [1.82, 2.24) is 15.5 Å². The smallest absolute Gasteiger partial charge is 0.222 e. The lowest BCUT2D eigenvalue weighted by Gasteiger charge is -2.29. The third-order valence-corrected chi connectivity index (χ3v) is 6.20. The number of hydrogen-bond acceptors (Lipinski definition) is 4. The summed E-state index contributed by atoms with van der Waals surface area (Å²) < 4.78 is 0. The Kier molecular flexibility index (Phi) is 10.9. The molecule has 0 spiro atoms.